The molecular formula is C19H25N3O. The summed E-state index contributed by atoms with van der Waals surface area (Å²) in [4.78, 5) is 19.5. The molecule has 1 unspecified atom stereocenters. The number of hydrogen-bond donors (Lipinski definition) is 1. The molecule has 0 saturated carbocycles. The highest BCUT2D eigenvalue weighted by Crippen LogP contribution is 2.29. The molecule has 1 fully saturated rings. The molecule has 1 atom stereocenters. The molecule has 0 bridgehead atoms. The highest BCUT2D eigenvalue weighted by Gasteiger charge is 2.36. The molecule has 23 heavy (non-hydrogen) atoms. The minimum Gasteiger partial charge on any atom is -0.338 e. The predicted octanol–water partition coefficient (Wildman–Crippen LogP) is 3.05. The van der Waals surface area contributed by atoms with E-state index >= 15 is 0 Å². The second kappa shape index (κ2) is 5.60. The van der Waals surface area contributed by atoms with Gasteiger partial charge in [-0.25, -0.2) is 0 Å². The number of aryl methyl sites for hydroxylation is 2. The van der Waals surface area contributed by atoms with Gasteiger partial charge in [-0.1, -0.05) is 25.5 Å². The number of carbonyl (C=O) groups excluding carboxylic acids is 1. The van der Waals surface area contributed by atoms with Gasteiger partial charge < -0.3 is 10.6 Å². The van der Waals surface area contributed by atoms with Crippen LogP contribution in [0.4, 0.5) is 0 Å². The predicted molar refractivity (Wildman–Crippen MR) is 93.5 cm³/mol. The second-order valence-electron chi connectivity index (χ2n) is 7.43. The maximum atomic E-state index is 13.0. The molecule has 2 heterocycles. The molecule has 1 amide bonds. The fourth-order valence-electron chi connectivity index (χ4n) is 3.33. The molecule has 1 aliphatic heterocycles. The van der Waals surface area contributed by atoms with Crippen LogP contribution in [0.1, 0.15) is 41.9 Å². The van der Waals surface area contributed by atoms with E-state index in [1.54, 1.807) is 0 Å². The lowest BCUT2D eigenvalue weighted by Crippen LogP contribution is -2.54. The smallest absolute Gasteiger partial charge is 0.255 e. The highest BCUT2D eigenvalue weighted by molar-refractivity contribution is 5.98. The van der Waals surface area contributed by atoms with Gasteiger partial charge in [-0.15, -0.1) is 0 Å². The zero-order chi connectivity index (χ0) is 16.8. The van der Waals surface area contributed by atoms with Gasteiger partial charge in [0.2, 0.25) is 0 Å². The van der Waals surface area contributed by atoms with E-state index in [0.717, 1.165) is 23.0 Å². The number of hydrogen-bond acceptors (Lipinski definition) is 3. The molecular weight excluding hydrogens is 286 g/mol. The van der Waals surface area contributed by atoms with E-state index in [0.29, 0.717) is 18.7 Å². The van der Waals surface area contributed by atoms with Crippen molar-refractivity contribution in [2.24, 2.45) is 11.1 Å². The molecule has 2 aromatic rings. The SMILES string of the molecule is Cc1ccc2nc(C)c(C(=O)N3CCC(N)C(C)(C)C3)cc2c1. The molecule has 0 radical (unpaired) electrons. The normalized spacial score (nSPS) is 20.7. The van der Waals surface area contributed by atoms with Gasteiger partial charge in [0.25, 0.3) is 5.91 Å². The number of nitrogens with two attached hydrogens (primary N) is 1. The lowest BCUT2D eigenvalue weighted by Gasteiger charge is -2.42. The summed E-state index contributed by atoms with van der Waals surface area (Å²) in [5.74, 6) is 0.0679. The summed E-state index contributed by atoms with van der Waals surface area (Å²) >= 11 is 0. The van der Waals surface area contributed by atoms with Gasteiger partial charge in [0, 0.05) is 24.5 Å². The van der Waals surface area contributed by atoms with E-state index in [2.05, 4.69) is 31.8 Å². The number of likely N-dealkylation sites (tertiary alicyclic amines) is 1. The van der Waals surface area contributed by atoms with Crippen LogP contribution in [0, 0.1) is 19.3 Å². The van der Waals surface area contributed by atoms with E-state index in [4.69, 9.17) is 5.73 Å². The molecule has 1 aliphatic rings. The number of carbonyl (C=O) groups is 1. The Hall–Kier alpha value is -1.94. The van der Waals surface area contributed by atoms with Crippen LogP contribution < -0.4 is 5.73 Å². The number of benzene rings is 1. The van der Waals surface area contributed by atoms with Crippen molar-refractivity contribution < 1.29 is 4.79 Å². The van der Waals surface area contributed by atoms with E-state index < -0.39 is 0 Å². The Morgan fingerprint density at radius 3 is 2.74 bits per heavy atom. The van der Waals surface area contributed by atoms with E-state index in [1.165, 1.54) is 5.56 Å². The Bertz CT molecular complexity index is 767. The molecule has 0 aliphatic carbocycles. The van der Waals surface area contributed by atoms with Crippen LogP contribution in [-0.2, 0) is 0 Å². The van der Waals surface area contributed by atoms with Gasteiger partial charge in [0.1, 0.15) is 0 Å². The number of amides is 1. The van der Waals surface area contributed by atoms with Gasteiger partial charge in [-0.2, -0.15) is 0 Å². The summed E-state index contributed by atoms with van der Waals surface area (Å²) in [6, 6.07) is 8.26. The monoisotopic (exact) mass is 311 g/mol. The van der Waals surface area contributed by atoms with Crippen molar-refractivity contribution >= 4 is 16.8 Å². The molecule has 3 rings (SSSR count). The van der Waals surface area contributed by atoms with Gasteiger partial charge >= 0.3 is 0 Å². The maximum Gasteiger partial charge on any atom is 0.255 e. The van der Waals surface area contributed by atoms with Crippen LogP contribution in [-0.4, -0.2) is 34.9 Å². The van der Waals surface area contributed by atoms with Crippen molar-refractivity contribution in [3.63, 3.8) is 0 Å². The molecule has 2 N–H and O–H groups in total. The average Bonchev–Trinajstić information content (AvgIpc) is 2.49. The number of rotatable bonds is 1. The van der Waals surface area contributed by atoms with Crippen LogP contribution in [0.2, 0.25) is 0 Å². The fourth-order valence-corrected chi connectivity index (χ4v) is 3.33. The third-order valence-electron chi connectivity index (χ3n) is 4.99. The topological polar surface area (TPSA) is 59.2 Å². The first-order chi connectivity index (χ1) is 10.8. The number of pyridine rings is 1. The van der Waals surface area contributed by atoms with Gasteiger partial charge in [0.05, 0.1) is 16.8 Å². The first-order valence-electron chi connectivity index (χ1n) is 8.21. The van der Waals surface area contributed by atoms with E-state index in [9.17, 15) is 4.79 Å². The Morgan fingerprint density at radius 1 is 1.30 bits per heavy atom. The van der Waals surface area contributed by atoms with Crippen molar-refractivity contribution in [3.05, 3.63) is 41.1 Å². The first-order valence-corrected chi connectivity index (χ1v) is 8.21. The quantitative estimate of drug-likeness (QED) is 0.880. The summed E-state index contributed by atoms with van der Waals surface area (Å²) in [5, 5.41) is 1.02. The Balaban J connectivity index is 1.96. The van der Waals surface area contributed by atoms with Crippen molar-refractivity contribution in [1.82, 2.24) is 9.88 Å². The van der Waals surface area contributed by atoms with Crippen molar-refractivity contribution in [2.45, 2.75) is 40.2 Å². The summed E-state index contributed by atoms with van der Waals surface area (Å²) in [6.45, 7) is 9.63. The Morgan fingerprint density at radius 2 is 2.04 bits per heavy atom. The Labute approximate surface area is 137 Å². The number of piperidine rings is 1. The standard InChI is InChI=1S/C19H25N3O/c1-12-5-6-16-14(9-12)10-15(13(2)21-16)18(23)22-8-7-17(20)19(3,4)11-22/h5-6,9-10,17H,7-8,11,20H2,1-4H3. The zero-order valence-electron chi connectivity index (χ0n) is 14.4. The molecule has 4 nitrogen and oxygen atoms in total. The van der Waals surface area contributed by atoms with Crippen LogP contribution in [0.15, 0.2) is 24.3 Å². The van der Waals surface area contributed by atoms with E-state index in [-0.39, 0.29) is 17.4 Å². The van der Waals surface area contributed by atoms with Crippen LogP contribution in [0.5, 0.6) is 0 Å². The first kappa shape index (κ1) is 15.9. The van der Waals surface area contributed by atoms with Crippen molar-refractivity contribution in [2.75, 3.05) is 13.1 Å². The molecule has 1 aromatic carbocycles. The molecule has 1 aromatic heterocycles. The lowest BCUT2D eigenvalue weighted by molar-refractivity contribution is 0.0532. The molecule has 122 valence electrons. The highest BCUT2D eigenvalue weighted by atomic mass is 16.2. The van der Waals surface area contributed by atoms with Crippen LogP contribution >= 0.6 is 0 Å². The minimum absolute atomic E-state index is 0.0529. The van der Waals surface area contributed by atoms with Crippen molar-refractivity contribution in [1.29, 1.82) is 0 Å². The average molecular weight is 311 g/mol. The third kappa shape index (κ3) is 2.95. The largest absolute Gasteiger partial charge is 0.338 e. The number of aromatic nitrogens is 1. The van der Waals surface area contributed by atoms with Gasteiger partial charge in [-0.05, 0) is 43.9 Å². The second-order valence-corrected chi connectivity index (χ2v) is 7.43. The minimum atomic E-state index is -0.0529. The number of fused-ring (bicyclic) bond motifs is 1. The van der Waals surface area contributed by atoms with Gasteiger partial charge in [0.15, 0.2) is 0 Å². The van der Waals surface area contributed by atoms with E-state index in [1.807, 2.05) is 30.0 Å². The molecule has 1 saturated heterocycles. The van der Waals surface area contributed by atoms with Crippen LogP contribution in [0.3, 0.4) is 0 Å². The summed E-state index contributed by atoms with van der Waals surface area (Å²) < 4.78 is 0. The van der Waals surface area contributed by atoms with Gasteiger partial charge in [-0.3, -0.25) is 9.78 Å². The summed E-state index contributed by atoms with van der Waals surface area (Å²) in [5.41, 5.74) is 9.73. The summed E-state index contributed by atoms with van der Waals surface area (Å²) in [6.07, 6.45) is 0.845. The lowest BCUT2D eigenvalue weighted by atomic mass is 9.79. The van der Waals surface area contributed by atoms with Crippen LogP contribution in [0.25, 0.3) is 10.9 Å². The molecule has 0 spiro atoms. The van der Waals surface area contributed by atoms with Crippen molar-refractivity contribution in [3.8, 4) is 0 Å². The summed E-state index contributed by atoms with van der Waals surface area (Å²) in [7, 11) is 0. The maximum absolute atomic E-state index is 13.0. The fraction of sp³-hybridized carbons (Fsp3) is 0.474. The Kier molecular flexibility index (Phi) is 3.88. The third-order valence-corrected chi connectivity index (χ3v) is 4.99. The molecule has 4 heteroatoms. The zero-order valence-corrected chi connectivity index (χ0v) is 14.4. The number of nitrogens with zero attached hydrogens (tertiary/aromatic N) is 2.